The van der Waals surface area contributed by atoms with Gasteiger partial charge in [0.1, 0.15) is 17.4 Å². The fraction of sp³-hybridized carbons (Fsp3) is 0.579. The number of hydrogen-bond donors (Lipinski definition) is 2. The number of rotatable bonds is 7. The first kappa shape index (κ1) is 21.8. The maximum absolute atomic E-state index is 12.6. The topological polar surface area (TPSA) is 88.1 Å². The molecule has 7 nitrogen and oxygen atoms in total. The van der Waals surface area contributed by atoms with Gasteiger partial charge in [-0.25, -0.2) is 9.59 Å². The van der Waals surface area contributed by atoms with Gasteiger partial charge in [0.2, 0.25) is 0 Å². The molecule has 2 N–H and O–H groups in total. The molecule has 2 amide bonds. The highest BCUT2D eigenvalue weighted by Gasteiger charge is 2.27. The van der Waals surface area contributed by atoms with Crippen molar-refractivity contribution in [3.05, 3.63) is 29.8 Å². The molecule has 146 valence electrons. The number of carbonyl (C=O) groups excluding carboxylic acids is 2. The highest BCUT2D eigenvalue weighted by Crippen LogP contribution is 2.22. The summed E-state index contributed by atoms with van der Waals surface area (Å²) in [6.07, 6.45) is 0. The van der Waals surface area contributed by atoms with Crippen LogP contribution < -0.4 is 10.1 Å². The van der Waals surface area contributed by atoms with Crippen molar-refractivity contribution in [2.45, 2.75) is 52.3 Å². The summed E-state index contributed by atoms with van der Waals surface area (Å²) in [4.78, 5) is 26.2. The maximum Gasteiger partial charge on any atom is 0.328 e. The molecule has 0 saturated heterocycles. The van der Waals surface area contributed by atoms with E-state index in [1.807, 2.05) is 31.2 Å². The van der Waals surface area contributed by atoms with E-state index in [1.165, 1.54) is 4.90 Å². The smallest absolute Gasteiger partial charge is 0.328 e. The normalized spacial score (nSPS) is 13.5. The molecule has 0 saturated carbocycles. The molecule has 0 aliphatic carbocycles. The second kappa shape index (κ2) is 9.43. The lowest BCUT2D eigenvalue weighted by Crippen LogP contribution is -2.49. The van der Waals surface area contributed by atoms with Crippen molar-refractivity contribution in [2.24, 2.45) is 0 Å². The lowest BCUT2D eigenvalue weighted by molar-refractivity contribution is -0.156. The molecule has 1 aromatic carbocycles. The molecule has 1 aromatic rings. The van der Waals surface area contributed by atoms with E-state index in [0.29, 0.717) is 0 Å². The van der Waals surface area contributed by atoms with Crippen LogP contribution in [0.15, 0.2) is 24.3 Å². The molecule has 26 heavy (non-hydrogen) atoms. The number of methoxy groups -OCH3 is 1. The van der Waals surface area contributed by atoms with Gasteiger partial charge in [-0.2, -0.15) is 0 Å². The summed E-state index contributed by atoms with van der Waals surface area (Å²) in [6.45, 7) is 8.68. The predicted molar refractivity (Wildman–Crippen MR) is 99.0 cm³/mol. The Morgan fingerprint density at radius 3 is 2.23 bits per heavy atom. The fourth-order valence-electron chi connectivity index (χ4n) is 2.36. The average Bonchev–Trinajstić information content (AvgIpc) is 2.57. The van der Waals surface area contributed by atoms with Crippen LogP contribution in [0.5, 0.6) is 5.75 Å². The quantitative estimate of drug-likeness (QED) is 0.724. The summed E-state index contributed by atoms with van der Waals surface area (Å²) in [7, 11) is 1.59. The Bertz CT molecular complexity index is 595. The second-order valence-corrected chi connectivity index (χ2v) is 7.07. The summed E-state index contributed by atoms with van der Waals surface area (Å²) >= 11 is 0. The molecule has 1 unspecified atom stereocenters. The van der Waals surface area contributed by atoms with E-state index in [9.17, 15) is 14.7 Å². The van der Waals surface area contributed by atoms with Gasteiger partial charge in [-0.05, 0) is 52.3 Å². The van der Waals surface area contributed by atoms with Crippen LogP contribution in [0, 0.1) is 0 Å². The van der Waals surface area contributed by atoms with Gasteiger partial charge < -0.3 is 24.8 Å². The molecule has 1 rings (SSSR count). The molecule has 7 heteroatoms. The van der Waals surface area contributed by atoms with E-state index in [4.69, 9.17) is 9.47 Å². The van der Waals surface area contributed by atoms with Gasteiger partial charge in [-0.3, -0.25) is 0 Å². The average molecular weight is 366 g/mol. The Hall–Kier alpha value is -2.28. The number of ether oxygens (including phenoxy) is 2. The number of hydrogen-bond acceptors (Lipinski definition) is 5. The Morgan fingerprint density at radius 2 is 1.77 bits per heavy atom. The van der Waals surface area contributed by atoms with Crippen molar-refractivity contribution in [1.29, 1.82) is 0 Å². The fourth-order valence-corrected chi connectivity index (χ4v) is 2.36. The number of benzene rings is 1. The lowest BCUT2D eigenvalue weighted by atomic mass is 10.1. The number of carbonyl (C=O) groups is 2. The Labute approximate surface area is 155 Å². The van der Waals surface area contributed by atoms with Gasteiger partial charge in [-0.1, -0.05) is 12.1 Å². The lowest BCUT2D eigenvalue weighted by Gasteiger charge is -2.31. The molecule has 0 aromatic heterocycles. The van der Waals surface area contributed by atoms with Crippen molar-refractivity contribution >= 4 is 12.0 Å². The molecule has 0 aliphatic rings. The highest BCUT2D eigenvalue weighted by atomic mass is 16.6. The molecule has 0 radical (unpaired) electrons. The van der Waals surface area contributed by atoms with Crippen molar-refractivity contribution in [3.8, 4) is 5.75 Å². The SMILES string of the molecule is COc1ccc(C(C)N(CCO)C(=O)N[C@@H](C)C(=O)OC(C)(C)C)cc1. The summed E-state index contributed by atoms with van der Waals surface area (Å²) in [5.41, 5.74) is 0.261. The summed E-state index contributed by atoms with van der Waals surface area (Å²) in [6, 6.07) is 5.80. The number of esters is 1. The molecule has 0 bridgehead atoms. The molecular formula is C19H30N2O5. The van der Waals surface area contributed by atoms with E-state index in [1.54, 1.807) is 34.8 Å². The van der Waals surface area contributed by atoms with E-state index in [0.717, 1.165) is 11.3 Å². The van der Waals surface area contributed by atoms with Crippen LogP contribution in [0.4, 0.5) is 4.79 Å². The van der Waals surface area contributed by atoms with Crippen molar-refractivity contribution in [2.75, 3.05) is 20.3 Å². The van der Waals surface area contributed by atoms with Crippen molar-refractivity contribution < 1.29 is 24.2 Å². The van der Waals surface area contributed by atoms with Crippen LogP contribution in [0.3, 0.4) is 0 Å². The van der Waals surface area contributed by atoms with E-state index < -0.39 is 23.6 Å². The molecule has 0 spiro atoms. The third kappa shape index (κ3) is 6.55. The van der Waals surface area contributed by atoms with Gasteiger partial charge in [-0.15, -0.1) is 0 Å². The Balaban J connectivity index is 2.83. The largest absolute Gasteiger partial charge is 0.497 e. The van der Waals surface area contributed by atoms with Crippen LogP contribution in [-0.2, 0) is 9.53 Å². The van der Waals surface area contributed by atoms with Gasteiger partial charge >= 0.3 is 12.0 Å². The van der Waals surface area contributed by atoms with E-state index >= 15 is 0 Å². The van der Waals surface area contributed by atoms with Crippen LogP contribution in [-0.4, -0.2) is 53.9 Å². The minimum atomic E-state index is -0.800. The third-order valence-corrected chi connectivity index (χ3v) is 3.77. The predicted octanol–water partition coefficient (Wildman–Crippen LogP) is 2.49. The maximum atomic E-state index is 12.6. The zero-order valence-corrected chi connectivity index (χ0v) is 16.4. The zero-order chi connectivity index (χ0) is 19.9. The standard InChI is InChI=1S/C19H30N2O5/c1-13(17(23)26-19(3,4)5)20-18(24)21(11-12-22)14(2)15-7-9-16(25-6)10-8-15/h7-10,13-14,22H,11-12H2,1-6H3,(H,20,24)/t13-,14?/m0/s1. The molecule has 0 heterocycles. The van der Waals surface area contributed by atoms with Crippen LogP contribution >= 0.6 is 0 Å². The Morgan fingerprint density at radius 1 is 1.19 bits per heavy atom. The first-order chi connectivity index (χ1) is 12.1. The number of amides is 2. The van der Waals surface area contributed by atoms with Crippen molar-refractivity contribution in [1.82, 2.24) is 10.2 Å². The Kier molecular flexibility index (Phi) is 7.89. The monoisotopic (exact) mass is 366 g/mol. The number of aliphatic hydroxyl groups excluding tert-OH is 1. The molecular weight excluding hydrogens is 336 g/mol. The molecule has 0 aliphatic heterocycles. The van der Waals surface area contributed by atoms with Crippen molar-refractivity contribution in [3.63, 3.8) is 0 Å². The minimum Gasteiger partial charge on any atom is -0.497 e. The second-order valence-electron chi connectivity index (χ2n) is 7.07. The summed E-state index contributed by atoms with van der Waals surface area (Å²) in [5.74, 6) is 0.213. The number of urea groups is 1. The molecule has 0 fully saturated rings. The van der Waals surface area contributed by atoms with E-state index in [-0.39, 0.29) is 19.2 Å². The molecule has 2 atom stereocenters. The van der Waals surface area contributed by atoms with E-state index in [2.05, 4.69) is 5.32 Å². The summed E-state index contributed by atoms with van der Waals surface area (Å²) < 4.78 is 10.4. The first-order valence-electron chi connectivity index (χ1n) is 8.64. The third-order valence-electron chi connectivity index (χ3n) is 3.77. The van der Waals surface area contributed by atoms with Gasteiger partial charge in [0.25, 0.3) is 0 Å². The highest BCUT2D eigenvalue weighted by molar-refractivity contribution is 5.83. The van der Waals surface area contributed by atoms with Gasteiger partial charge in [0.15, 0.2) is 0 Å². The summed E-state index contributed by atoms with van der Waals surface area (Å²) in [5, 5.41) is 12.0. The van der Waals surface area contributed by atoms with Crippen LogP contribution in [0.1, 0.15) is 46.2 Å². The van der Waals surface area contributed by atoms with Crippen LogP contribution in [0.25, 0.3) is 0 Å². The first-order valence-corrected chi connectivity index (χ1v) is 8.64. The van der Waals surface area contributed by atoms with Crippen LogP contribution in [0.2, 0.25) is 0 Å². The number of nitrogens with one attached hydrogen (secondary N) is 1. The number of nitrogens with zero attached hydrogens (tertiary/aromatic N) is 1. The zero-order valence-electron chi connectivity index (χ0n) is 16.4. The minimum absolute atomic E-state index is 0.139. The van der Waals surface area contributed by atoms with Gasteiger partial charge in [0, 0.05) is 6.54 Å². The number of aliphatic hydroxyl groups is 1. The van der Waals surface area contributed by atoms with Gasteiger partial charge in [0.05, 0.1) is 19.8 Å².